The number of halogens is 1. The van der Waals surface area contributed by atoms with Crippen LogP contribution in [0.2, 0.25) is 0 Å². The van der Waals surface area contributed by atoms with Crippen LogP contribution in [0.25, 0.3) is 10.9 Å². The molecule has 5 rings (SSSR count). The highest BCUT2D eigenvalue weighted by Gasteiger charge is 2.41. The second kappa shape index (κ2) is 8.20. The summed E-state index contributed by atoms with van der Waals surface area (Å²) in [6.07, 6.45) is 0. The van der Waals surface area contributed by atoms with Gasteiger partial charge < -0.3 is 0 Å². The second-order valence-corrected chi connectivity index (χ2v) is 8.49. The van der Waals surface area contributed by atoms with Gasteiger partial charge >= 0.3 is 0 Å². The maximum atomic E-state index is 11.6. The molecule has 0 unspecified atom stereocenters. The molecule has 4 aromatic carbocycles. The van der Waals surface area contributed by atoms with Gasteiger partial charge in [-0.15, -0.1) is 0 Å². The van der Waals surface area contributed by atoms with Crippen molar-refractivity contribution < 1.29 is 4.92 Å². The number of nitro benzene ring substituents is 1. The Hall–Kier alpha value is -3.52. The van der Waals surface area contributed by atoms with Crippen LogP contribution in [-0.4, -0.2) is 14.7 Å². The number of nitro groups is 1. The molecule has 0 amide bonds. The Bertz CT molecular complexity index is 1300. The quantitative estimate of drug-likeness (QED) is 0.114. The molecule has 1 heterocycles. The number of hydrogen-bond acceptors (Lipinski definition) is 3. The van der Waals surface area contributed by atoms with E-state index in [4.69, 9.17) is 5.10 Å². The van der Waals surface area contributed by atoms with Crippen LogP contribution in [0.3, 0.4) is 0 Å². The number of rotatable bonds is 5. The van der Waals surface area contributed by atoms with E-state index < -0.39 is 5.54 Å². The monoisotopic (exact) mass is 531 g/mol. The van der Waals surface area contributed by atoms with Crippen molar-refractivity contribution >= 4 is 39.2 Å². The maximum absolute atomic E-state index is 11.6. The van der Waals surface area contributed by atoms with Gasteiger partial charge in [-0.3, -0.25) is 10.1 Å². The Kier molecular flexibility index (Phi) is 5.22. The number of nitrogens with zero attached hydrogens (tertiary/aromatic N) is 3. The molecule has 156 valence electrons. The van der Waals surface area contributed by atoms with Crippen molar-refractivity contribution in [1.29, 1.82) is 0 Å². The first-order valence-corrected chi connectivity index (χ1v) is 11.2. The maximum Gasteiger partial charge on any atom is 0.271 e. The third-order valence-electron chi connectivity index (χ3n) is 5.72. The van der Waals surface area contributed by atoms with Crippen LogP contribution >= 0.6 is 22.6 Å². The zero-order chi connectivity index (χ0) is 22.1. The van der Waals surface area contributed by atoms with Crippen LogP contribution in [0.4, 0.5) is 5.69 Å². The summed E-state index contributed by atoms with van der Waals surface area (Å²) in [5.41, 5.74) is 2.98. The first kappa shape index (κ1) is 20.4. The van der Waals surface area contributed by atoms with Gasteiger partial charge in [-0.05, 0) is 45.3 Å². The van der Waals surface area contributed by atoms with Crippen molar-refractivity contribution in [2.24, 2.45) is 0 Å². The Morgan fingerprint density at radius 2 is 1.22 bits per heavy atom. The van der Waals surface area contributed by atoms with Gasteiger partial charge in [-0.2, -0.15) is 5.10 Å². The minimum atomic E-state index is -0.819. The van der Waals surface area contributed by atoms with E-state index in [9.17, 15) is 10.1 Å². The van der Waals surface area contributed by atoms with Gasteiger partial charge in [-0.25, -0.2) is 4.68 Å². The summed E-state index contributed by atoms with van der Waals surface area (Å²) in [7, 11) is 0. The molecule has 5 nitrogen and oxygen atoms in total. The lowest BCUT2D eigenvalue weighted by molar-refractivity contribution is -0.384. The van der Waals surface area contributed by atoms with Crippen molar-refractivity contribution in [3.63, 3.8) is 0 Å². The largest absolute Gasteiger partial charge is 0.271 e. The minimum Gasteiger partial charge on any atom is -0.258 e. The number of fused-ring (bicyclic) bond motifs is 1. The molecule has 0 aliphatic carbocycles. The fourth-order valence-electron chi connectivity index (χ4n) is 4.34. The van der Waals surface area contributed by atoms with Crippen LogP contribution in [0, 0.1) is 13.8 Å². The lowest BCUT2D eigenvalue weighted by atomic mass is 9.77. The van der Waals surface area contributed by atoms with E-state index in [-0.39, 0.29) is 10.6 Å². The van der Waals surface area contributed by atoms with E-state index in [1.807, 2.05) is 59.3 Å². The molecule has 5 aromatic rings. The van der Waals surface area contributed by atoms with Crippen LogP contribution in [-0.2, 0) is 5.54 Å². The highest BCUT2D eigenvalue weighted by Crippen LogP contribution is 2.43. The lowest BCUT2D eigenvalue weighted by Gasteiger charge is -2.37. The van der Waals surface area contributed by atoms with E-state index in [1.165, 1.54) is 6.07 Å². The molecule has 0 saturated heterocycles. The molecule has 0 spiro atoms. The third kappa shape index (κ3) is 3.18. The fourth-order valence-corrected chi connectivity index (χ4v) is 5.01. The molecule has 32 heavy (non-hydrogen) atoms. The molecule has 0 aliphatic rings. The molecular weight excluding hydrogens is 513 g/mol. The van der Waals surface area contributed by atoms with Crippen molar-refractivity contribution in [3.05, 3.63) is 140 Å². The first-order valence-electron chi connectivity index (χ1n) is 10.1. The summed E-state index contributed by atoms with van der Waals surface area (Å²) >= 11 is 2.20. The molecule has 0 aliphatic heterocycles. The summed E-state index contributed by atoms with van der Waals surface area (Å²) in [6.45, 7) is 0. The summed E-state index contributed by atoms with van der Waals surface area (Å²) in [5.74, 6) is 0. The topological polar surface area (TPSA) is 61.0 Å². The minimum absolute atomic E-state index is 0.0399. The molecular formula is C26H18IN3O2. The van der Waals surface area contributed by atoms with Gasteiger partial charge in [0.05, 0.1) is 10.4 Å². The molecule has 0 N–H and O–H groups in total. The molecule has 6 heteroatoms. The fraction of sp³-hybridized carbons (Fsp3) is 0.0385. The third-order valence-corrected chi connectivity index (χ3v) is 6.52. The number of non-ortho nitro benzene ring substituents is 1. The van der Waals surface area contributed by atoms with Gasteiger partial charge in [0, 0.05) is 17.5 Å². The van der Waals surface area contributed by atoms with Gasteiger partial charge in [0.2, 0.25) is 0 Å². The van der Waals surface area contributed by atoms with Crippen molar-refractivity contribution in [2.45, 2.75) is 5.54 Å². The average molecular weight is 531 g/mol. The summed E-state index contributed by atoms with van der Waals surface area (Å²) in [6, 6.07) is 35.4. The van der Waals surface area contributed by atoms with E-state index in [2.05, 4.69) is 59.0 Å². The van der Waals surface area contributed by atoms with E-state index in [0.717, 1.165) is 25.8 Å². The first-order chi connectivity index (χ1) is 15.6. The predicted octanol–water partition coefficient (Wildman–Crippen LogP) is 6.39. The lowest BCUT2D eigenvalue weighted by Crippen LogP contribution is -2.38. The Morgan fingerprint density at radius 3 is 1.66 bits per heavy atom. The molecule has 1 aromatic heterocycles. The van der Waals surface area contributed by atoms with Crippen LogP contribution in [0.1, 0.15) is 16.7 Å². The highest BCUT2D eigenvalue weighted by atomic mass is 127. The molecule has 0 atom stereocenters. The smallest absolute Gasteiger partial charge is 0.258 e. The Labute approximate surface area is 198 Å². The van der Waals surface area contributed by atoms with Gasteiger partial charge in [0.1, 0.15) is 9.24 Å². The van der Waals surface area contributed by atoms with E-state index >= 15 is 0 Å². The van der Waals surface area contributed by atoms with Crippen LogP contribution < -0.4 is 0 Å². The molecule has 0 saturated carbocycles. The second-order valence-electron chi connectivity index (χ2n) is 7.47. The Morgan fingerprint density at radius 1 is 0.750 bits per heavy atom. The zero-order valence-corrected chi connectivity index (χ0v) is 19.1. The molecule has 0 bridgehead atoms. The van der Waals surface area contributed by atoms with Crippen molar-refractivity contribution in [1.82, 2.24) is 9.78 Å². The number of benzene rings is 4. The van der Waals surface area contributed by atoms with E-state index in [0.29, 0.717) is 5.52 Å². The average Bonchev–Trinajstić information content (AvgIpc) is 3.18. The van der Waals surface area contributed by atoms with Crippen LogP contribution in [0.5, 0.6) is 0 Å². The Balaban J connectivity index is 1.98. The zero-order valence-electron chi connectivity index (χ0n) is 16.9. The van der Waals surface area contributed by atoms with Gasteiger partial charge in [0.15, 0.2) is 0 Å². The molecule has 0 fully saturated rings. The summed E-state index contributed by atoms with van der Waals surface area (Å²) in [5, 5.41) is 17.4. The van der Waals surface area contributed by atoms with Crippen molar-refractivity contribution in [2.75, 3.05) is 0 Å². The van der Waals surface area contributed by atoms with E-state index in [1.54, 1.807) is 12.1 Å². The number of hydrogen-bond donors (Lipinski definition) is 0. The predicted molar refractivity (Wildman–Crippen MR) is 134 cm³/mol. The highest BCUT2D eigenvalue weighted by molar-refractivity contribution is 14.1. The number of aromatic nitrogens is 2. The molecule has 0 radical (unpaired) electrons. The normalized spacial score (nSPS) is 11.5. The standard InChI is InChI=1S/C26H18IN3O2/c27-25-23-17-16-22(30(31)32)18-24(23)29(28-25)26(19-10-4-1-5-11-19,20-12-6-2-7-13-20)21-14-8-3-9-15-21/h1-18H. The van der Waals surface area contributed by atoms with Gasteiger partial charge in [-0.1, -0.05) is 91.0 Å². The van der Waals surface area contributed by atoms with Gasteiger partial charge in [0.25, 0.3) is 5.69 Å². The van der Waals surface area contributed by atoms with Crippen molar-refractivity contribution in [3.8, 4) is 0 Å². The SMILES string of the molecule is O=[N+]([O-])c1ccc2c(I)nn(C(c3ccccc3)(c3ccccc3)c3ccccc3)c2c1. The summed E-state index contributed by atoms with van der Waals surface area (Å²) < 4.78 is 2.73. The van der Waals surface area contributed by atoms with Crippen LogP contribution in [0.15, 0.2) is 109 Å². The summed E-state index contributed by atoms with van der Waals surface area (Å²) in [4.78, 5) is 11.2.